The minimum atomic E-state index is -1.43. The van der Waals surface area contributed by atoms with Crippen molar-refractivity contribution in [3.63, 3.8) is 0 Å². The van der Waals surface area contributed by atoms with Gasteiger partial charge >= 0.3 is 5.97 Å². The van der Waals surface area contributed by atoms with E-state index in [1.54, 1.807) is 18.5 Å². The molecule has 0 radical (unpaired) electrons. The van der Waals surface area contributed by atoms with Crippen LogP contribution in [0.4, 0.5) is 10.2 Å². The molecule has 4 rings (SSSR count). The molecule has 6 nitrogen and oxygen atoms in total. The van der Waals surface area contributed by atoms with Crippen LogP contribution in [0.2, 0.25) is 0 Å². The van der Waals surface area contributed by atoms with Gasteiger partial charge in [-0.1, -0.05) is 6.07 Å². The second-order valence-electron chi connectivity index (χ2n) is 7.40. The van der Waals surface area contributed by atoms with Gasteiger partial charge in [-0.2, -0.15) is 0 Å². The van der Waals surface area contributed by atoms with Crippen LogP contribution in [0.15, 0.2) is 30.6 Å². The van der Waals surface area contributed by atoms with Gasteiger partial charge in [0, 0.05) is 43.6 Å². The molecule has 1 saturated heterocycles. The predicted molar refractivity (Wildman–Crippen MR) is 97.6 cm³/mol. The van der Waals surface area contributed by atoms with Gasteiger partial charge in [0.2, 0.25) is 5.60 Å². The van der Waals surface area contributed by atoms with E-state index in [-0.39, 0.29) is 18.6 Å². The highest BCUT2D eigenvalue weighted by Gasteiger charge is 2.45. The van der Waals surface area contributed by atoms with Gasteiger partial charge in [0.1, 0.15) is 12.1 Å². The normalized spacial score (nSPS) is 19.0. The number of carbonyl (C=O) groups is 1. The molecule has 2 heterocycles. The first-order valence-electron chi connectivity index (χ1n) is 9.22. The summed E-state index contributed by atoms with van der Waals surface area (Å²) in [5.41, 5.74) is 0.434. The molecule has 0 amide bonds. The van der Waals surface area contributed by atoms with Crippen LogP contribution in [-0.4, -0.2) is 39.7 Å². The molecule has 1 saturated carbocycles. The first-order valence-corrected chi connectivity index (χ1v) is 9.22. The SMILES string of the molecule is Cc1ccc(F)c(OC2(C(=O)O)CCN(c3cc(C4CC4)ncn3)CC2)c1. The molecule has 7 heteroatoms. The van der Waals surface area contributed by atoms with Crippen LogP contribution >= 0.6 is 0 Å². The van der Waals surface area contributed by atoms with Crippen molar-refractivity contribution in [1.29, 1.82) is 0 Å². The molecule has 1 aromatic heterocycles. The number of aryl methyl sites for hydroxylation is 1. The van der Waals surface area contributed by atoms with E-state index >= 15 is 0 Å². The number of halogens is 1. The highest BCUT2D eigenvalue weighted by Crippen LogP contribution is 2.40. The van der Waals surface area contributed by atoms with Crippen molar-refractivity contribution >= 4 is 11.8 Å². The third kappa shape index (κ3) is 3.59. The summed E-state index contributed by atoms with van der Waals surface area (Å²) in [4.78, 5) is 22.7. The third-order valence-electron chi connectivity index (χ3n) is 5.35. The number of hydrogen-bond donors (Lipinski definition) is 1. The molecular formula is C20H22FN3O3. The summed E-state index contributed by atoms with van der Waals surface area (Å²) in [7, 11) is 0. The highest BCUT2D eigenvalue weighted by atomic mass is 19.1. The van der Waals surface area contributed by atoms with Gasteiger partial charge < -0.3 is 14.7 Å². The maximum absolute atomic E-state index is 14.1. The van der Waals surface area contributed by atoms with E-state index in [0.717, 1.165) is 29.9 Å². The number of benzene rings is 1. The van der Waals surface area contributed by atoms with Gasteiger partial charge in [-0.25, -0.2) is 19.2 Å². The summed E-state index contributed by atoms with van der Waals surface area (Å²) >= 11 is 0. The topological polar surface area (TPSA) is 75.6 Å². The lowest BCUT2D eigenvalue weighted by atomic mass is 9.91. The molecule has 1 aliphatic carbocycles. The average Bonchev–Trinajstić information content (AvgIpc) is 3.51. The molecule has 2 aromatic rings. The second kappa shape index (κ2) is 6.79. The van der Waals surface area contributed by atoms with E-state index in [2.05, 4.69) is 9.97 Å². The monoisotopic (exact) mass is 371 g/mol. The molecule has 27 heavy (non-hydrogen) atoms. The summed E-state index contributed by atoms with van der Waals surface area (Å²) in [6, 6.07) is 6.46. The van der Waals surface area contributed by atoms with Crippen molar-refractivity contribution in [2.24, 2.45) is 0 Å². The molecule has 1 aromatic carbocycles. The minimum absolute atomic E-state index is 0.0103. The Morgan fingerprint density at radius 3 is 2.67 bits per heavy atom. The van der Waals surface area contributed by atoms with Crippen LogP contribution in [0.25, 0.3) is 0 Å². The zero-order valence-corrected chi connectivity index (χ0v) is 15.2. The van der Waals surface area contributed by atoms with Crippen LogP contribution in [0.5, 0.6) is 5.75 Å². The van der Waals surface area contributed by atoms with E-state index in [1.165, 1.54) is 6.07 Å². The fraction of sp³-hybridized carbons (Fsp3) is 0.450. The molecule has 2 fully saturated rings. The Bertz CT molecular complexity index is 861. The van der Waals surface area contributed by atoms with Crippen LogP contribution in [0.1, 0.15) is 42.9 Å². The maximum atomic E-state index is 14.1. The number of aliphatic carboxylic acids is 1. The lowest BCUT2D eigenvalue weighted by Crippen LogP contribution is -2.53. The highest BCUT2D eigenvalue weighted by molar-refractivity contribution is 5.78. The number of hydrogen-bond acceptors (Lipinski definition) is 5. The summed E-state index contributed by atoms with van der Waals surface area (Å²) in [6.07, 6.45) is 4.39. The van der Waals surface area contributed by atoms with Crippen molar-refractivity contribution < 1.29 is 19.0 Å². The number of carboxylic acid groups (broad SMARTS) is 1. The fourth-order valence-corrected chi connectivity index (χ4v) is 3.49. The molecule has 1 N–H and O–H groups in total. The van der Waals surface area contributed by atoms with Crippen molar-refractivity contribution in [1.82, 2.24) is 9.97 Å². The Morgan fingerprint density at radius 1 is 1.26 bits per heavy atom. The number of carboxylic acids is 1. The van der Waals surface area contributed by atoms with E-state index in [9.17, 15) is 14.3 Å². The van der Waals surface area contributed by atoms with Crippen molar-refractivity contribution in [2.45, 2.75) is 44.1 Å². The standard InChI is InChI=1S/C20H22FN3O3/c1-13-2-5-15(21)17(10-13)27-20(19(25)26)6-8-24(9-7-20)18-11-16(14-3-4-14)22-12-23-18/h2,5,10-12,14H,3-4,6-9H2,1H3,(H,25,26). The summed E-state index contributed by atoms with van der Waals surface area (Å²) in [5.74, 6) is -0.281. The lowest BCUT2D eigenvalue weighted by molar-refractivity contribution is -0.157. The van der Waals surface area contributed by atoms with Crippen LogP contribution < -0.4 is 9.64 Å². The fourth-order valence-electron chi connectivity index (χ4n) is 3.49. The zero-order valence-electron chi connectivity index (χ0n) is 15.2. The van der Waals surface area contributed by atoms with Crippen LogP contribution in [0, 0.1) is 12.7 Å². The second-order valence-corrected chi connectivity index (χ2v) is 7.40. The molecule has 1 aliphatic heterocycles. The first-order chi connectivity index (χ1) is 13.0. The van der Waals surface area contributed by atoms with Gasteiger partial charge in [0.05, 0.1) is 0 Å². The van der Waals surface area contributed by atoms with Gasteiger partial charge in [0.15, 0.2) is 11.6 Å². The lowest BCUT2D eigenvalue weighted by Gasteiger charge is -2.39. The molecule has 2 aliphatic rings. The minimum Gasteiger partial charge on any atom is -0.478 e. The summed E-state index contributed by atoms with van der Waals surface area (Å²) in [5, 5.41) is 9.80. The molecular weight excluding hydrogens is 349 g/mol. The number of nitrogens with zero attached hydrogens (tertiary/aromatic N) is 3. The number of aromatic nitrogens is 2. The number of rotatable bonds is 5. The summed E-state index contributed by atoms with van der Waals surface area (Å²) < 4.78 is 19.8. The van der Waals surface area contributed by atoms with Gasteiger partial charge in [-0.3, -0.25) is 0 Å². The zero-order chi connectivity index (χ0) is 19.0. The number of ether oxygens (including phenoxy) is 1. The van der Waals surface area contributed by atoms with Gasteiger partial charge in [-0.15, -0.1) is 0 Å². The predicted octanol–water partition coefficient (Wildman–Crippen LogP) is 3.30. The van der Waals surface area contributed by atoms with E-state index in [1.807, 2.05) is 17.9 Å². The first kappa shape index (κ1) is 17.7. The Labute approximate surface area is 157 Å². The Morgan fingerprint density at radius 2 is 2.00 bits per heavy atom. The average molecular weight is 371 g/mol. The quantitative estimate of drug-likeness (QED) is 0.869. The molecule has 0 bridgehead atoms. The smallest absolute Gasteiger partial charge is 0.348 e. The van der Waals surface area contributed by atoms with Crippen LogP contribution in [-0.2, 0) is 4.79 Å². The van der Waals surface area contributed by atoms with Gasteiger partial charge in [0.25, 0.3) is 0 Å². The number of piperidine rings is 1. The molecule has 142 valence electrons. The van der Waals surface area contributed by atoms with Gasteiger partial charge in [-0.05, 0) is 37.5 Å². The van der Waals surface area contributed by atoms with Crippen molar-refractivity contribution in [2.75, 3.05) is 18.0 Å². The maximum Gasteiger partial charge on any atom is 0.348 e. The van der Waals surface area contributed by atoms with Crippen molar-refractivity contribution in [3.05, 3.63) is 47.7 Å². The molecule has 0 atom stereocenters. The molecule has 0 unspecified atom stereocenters. The van der Waals surface area contributed by atoms with Crippen LogP contribution in [0.3, 0.4) is 0 Å². The Hall–Kier alpha value is -2.70. The Kier molecular flexibility index (Phi) is 4.45. The largest absolute Gasteiger partial charge is 0.478 e. The van der Waals surface area contributed by atoms with E-state index in [0.29, 0.717) is 19.0 Å². The van der Waals surface area contributed by atoms with E-state index in [4.69, 9.17) is 4.74 Å². The Balaban J connectivity index is 1.51. The summed E-state index contributed by atoms with van der Waals surface area (Å²) in [6.45, 7) is 2.76. The number of anilines is 1. The third-order valence-corrected chi connectivity index (χ3v) is 5.35. The molecule has 0 spiro atoms. The van der Waals surface area contributed by atoms with E-state index < -0.39 is 17.4 Å². The van der Waals surface area contributed by atoms with Crippen molar-refractivity contribution in [3.8, 4) is 5.75 Å².